The lowest BCUT2D eigenvalue weighted by molar-refractivity contribution is -0.141. The van der Waals surface area contributed by atoms with Crippen molar-refractivity contribution in [3.63, 3.8) is 0 Å². The summed E-state index contributed by atoms with van der Waals surface area (Å²) in [5.74, 6) is 2.85. The molecule has 1 aliphatic carbocycles. The summed E-state index contributed by atoms with van der Waals surface area (Å²) in [6, 6.07) is 5.10. The summed E-state index contributed by atoms with van der Waals surface area (Å²) in [7, 11) is 0. The Bertz CT molecular complexity index is 844. The molecular formula is C17H19N7O. The zero-order valence-electron chi connectivity index (χ0n) is 13.7. The second-order valence-corrected chi connectivity index (χ2v) is 7.46. The van der Waals surface area contributed by atoms with Crippen LogP contribution in [-0.2, 0) is 4.74 Å². The maximum atomic E-state index is 6.37. The van der Waals surface area contributed by atoms with Gasteiger partial charge in [0, 0.05) is 37.0 Å². The van der Waals surface area contributed by atoms with E-state index in [9.17, 15) is 0 Å². The summed E-state index contributed by atoms with van der Waals surface area (Å²) in [5, 5.41) is 7.42. The van der Waals surface area contributed by atoms with Gasteiger partial charge in [0.1, 0.15) is 17.7 Å². The Morgan fingerprint density at radius 1 is 1.32 bits per heavy atom. The lowest BCUT2D eigenvalue weighted by Crippen LogP contribution is -2.67. The number of hydrogen-bond donors (Lipinski definition) is 1. The lowest BCUT2D eigenvalue weighted by Gasteiger charge is -2.57. The van der Waals surface area contributed by atoms with Crippen molar-refractivity contribution in [1.29, 1.82) is 0 Å². The van der Waals surface area contributed by atoms with Gasteiger partial charge in [-0.3, -0.25) is 10.2 Å². The molecule has 4 fully saturated rings. The van der Waals surface area contributed by atoms with Gasteiger partial charge < -0.3 is 4.74 Å². The Morgan fingerprint density at radius 2 is 2.32 bits per heavy atom. The molecule has 4 bridgehead atoms. The maximum Gasteiger partial charge on any atom is 0.291 e. The summed E-state index contributed by atoms with van der Waals surface area (Å²) >= 11 is 0. The van der Waals surface area contributed by atoms with E-state index in [2.05, 4.69) is 30.3 Å². The molecule has 1 saturated carbocycles. The van der Waals surface area contributed by atoms with Crippen molar-refractivity contribution in [3.8, 4) is 5.82 Å². The van der Waals surface area contributed by atoms with E-state index < -0.39 is 0 Å². The van der Waals surface area contributed by atoms with Gasteiger partial charge in [-0.1, -0.05) is 0 Å². The molecule has 6 heterocycles. The third kappa shape index (κ3) is 1.91. The molecule has 2 aromatic heterocycles. The number of aromatic nitrogens is 4. The number of nitrogens with zero attached hydrogens (tertiary/aromatic N) is 6. The van der Waals surface area contributed by atoms with Gasteiger partial charge in [-0.15, -0.1) is 0 Å². The van der Waals surface area contributed by atoms with Crippen LogP contribution in [0.3, 0.4) is 0 Å². The number of amidine groups is 1. The monoisotopic (exact) mass is 337 g/mol. The van der Waals surface area contributed by atoms with Gasteiger partial charge in [0.15, 0.2) is 5.82 Å². The van der Waals surface area contributed by atoms with E-state index in [1.807, 2.05) is 18.3 Å². The number of piperidine rings is 2. The van der Waals surface area contributed by atoms with Crippen molar-refractivity contribution in [3.05, 3.63) is 30.9 Å². The Hall–Kier alpha value is -2.48. The third-order valence-corrected chi connectivity index (χ3v) is 6.29. The van der Waals surface area contributed by atoms with Crippen molar-refractivity contribution in [2.24, 2.45) is 16.8 Å². The van der Waals surface area contributed by atoms with E-state index in [1.165, 1.54) is 25.7 Å². The van der Waals surface area contributed by atoms with Gasteiger partial charge in [-0.25, -0.2) is 19.6 Å². The first-order chi connectivity index (χ1) is 12.3. The van der Waals surface area contributed by atoms with Crippen LogP contribution in [0.5, 0.6) is 0 Å². The average Bonchev–Trinajstić information content (AvgIpc) is 3.29. The number of hydrogen-bond acceptors (Lipinski definition) is 7. The molecule has 128 valence electrons. The standard InChI is InChI=1S/C17H19N7O/c1-3-21-24(4-1)15-7-14(19-10-20-15)22-16-18-8-17(25-16)9-23-5-2-11-12(17)6-13(11)23/h1,3-4,7,10-13H,2,5-6,8-9H2,(H,18,19,20,22)/t11?,12?,13?,17-/m0/s1. The quantitative estimate of drug-likeness (QED) is 0.878. The van der Waals surface area contributed by atoms with Crippen molar-refractivity contribution in [1.82, 2.24) is 24.6 Å². The van der Waals surface area contributed by atoms with Crippen LogP contribution in [0.25, 0.3) is 5.82 Å². The van der Waals surface area contributed by atoms with Crippen LogP contribution < -0.4 is 5.32 Å². The molecule has 0 aromatic carbocycles. The van der Waals surface area contributed by atoms with Gasteiger partial charge in [-0.2, -0.15) is 5.10 Å². The van der Waals surface area contributed by atoms with Crippen molar-refractivity contribution < 1.29 is 4.74 Å². The number of ether oxygens (including phenoxy) is 1. The van der Waals surface area contributed by atoms with Gasteiger partial charge in [0.2, 0.25) is 0 Å². The fourth-order valence-corrected chi connectivity index (χ4v) is 5.10. The molecule has 0 radical (unpaired) electrons. The zero-order chi connectivity index (χ0) is 16.4. The Morgan fingerprint density at radius 3 is 3.20 bits per heavy atom. The van der Waals surface area contributed by atoms with Crippen LogP contribution in [0.2, 0.25) is 0 Å². The molecule has 5 atom stereocenters. The number of anilines is 1. The average molecular weight is 337 g/mol. The highest BCUT2D eigenvalue weighted by molar-refractivity contribution is 5.89. The molecule has 1 spiro atoms. The minimum Gasteiger partial charge on any atom is -0.455 e. The first-order valence-electron chi connectivity index (χ1n) is 8.87. The lowest BCUT2D eigenvalue weighted by atomic mass is 9.59. The second kappa shape index (κ2) is 4.78. The first kappa shape index (κ1) is 13.8. The summed E-state index contributed by atoms with van der Waals surface area (Å²) in [6.45, 7) is 2.98. The SMILES string of the molecule is c1cnn(-c2cc(NC3=NC[C@@]4(CN5CCC6C5CC64)O3)ncn2)c1. The molecule has 2 aromatic rings. The molecule has 5 aliphatic rings. The van der Waals surface area contributed by atoms with Crippen molar-refractivity contribution >= 4 is 11.8 Å². The fourth-order valence-electron chi connectivity index (χ4n) is 5.10. The van der Waals surface area contributed by atoms with Crippen LogP contribution in [0.4, 0.5) is 5.82 Å². The fraction of sp³-hybridized carbons (Fsp3) is 0.529. The van der Waals surface area contributed by atoms with Gasteiger partial charge in [0.25, 0.3) is 6.02 Å². The Balaban J connectivity index is 1.21. The predicted octanol–water partition coefficient (Wildman–Crippen LogP) is 0.923. The summed E-state index contributed by atoms with van der Waals surface area (Å²) in [5.41, 5.74) is -0.129. The Kier molecular flexibility index (Phi) is 2.64. The van der Waals surface area contributed by atoms with Crippen LogP contribution in [-0.4, -0.2) is 61.9 Å². The first-order valence-corrected chi connectivity index (χ1v) is 8.87. The molecule has 3 saturated heterocycles. The van der Waals surface area contributed by atoms with E-state index in [4.69, 9.17) is 4.74 Å². The predicted molar refractivity (Wildman–Crippen MR) is 90.5 cm³/mol. The number of aliphatic imine (C=N–C) groups is 1. The zero-order valence-corrected chi connectivity index (χ0v) is 13.7. The maximum absolute atomic E-state index is 6.37. The largest absolute Gasteiger partial charge is 0.455 e. The summed E-state index contributed by atoms with van der Waals surface area (Å²) < 4.78 is 8.07. The number of nitrogens with one attached hydrogen (secondary N) is 1. The van der Waals surface area contributed by atoms with E-state index in [-0.39, 0.29) is 5.60 Å². The molecule has 8 nitrogen and oxygen atoms in total. The van der Waals surface area contributed by atoms with Crippen LogP contribution >= 0.6 is 0 Å². The normalized spacial score (nSPS) is 37.5. The molecule has 8 heteroatoms. The number of rotatable bonds is 2. The van der Waals surface area contributed by atoms with Crippen LogP contribution in [0.1, 0.15) is 12.8 Å². The molecule has 4 aliphatic heterocycles. The van der Waals surface area contributed by atoms with E-state index in [0.717, 1.165) is 25.0 Å². The molecule has 7 rings (SSSR count). The minimum absolute atomic E-state index is 0.129. The molecule has 4 unspecified atom stereocenters. The highest BCUT2D eigenvalue weighted by atomic mass is 16.5. The van der Waals surface area contributed by atoms with Crippen molar-refractivity contribution in [2.75, 3.05) is 25.0 Å². The highest BCUT2D eigenvalue weighted by Gasteiger charge is 2.65. The van der Waals surface area contributed by atoms with Gasteiger partial charge >= 0.3 is 0 Å². The summed E-state index contributed by atoms with van der Waals surface area (Å²) in [4.78, 5) is 15.8. The van der Waals surface area contributed by atoms with E-state index in [0.29, 0.717) is 23.6 Å². The van der Waals surface area contributed by atoms with Crippen molar-refractivity contribution in [2.45, 2.75) is 24.5 Å². The summed E-state index contributed by atoms with van der Waals surface area (Å²) in [6.07, 6.45) is 7.69. The topological polar surface area (TPSA) is 80.5 Å². The van der Waals surface area contributed by atoms with E-state index >= 15 is 0 Å². The second-order valence-electron chi connectivity index (χ2n) is 7.46. The molecule has 1 N–H and O–H groups in total. The van der Waals surface area contributed by atoms with Crippen LogP contribution in [0.15, 0.2) is 35.8 Å². The molecule has 0 amide bonds. The van der Waals surface area contributed by atoms with Gasteiger partial charge in [-0.05, 0) is 31.4 Å². The van der Waals surface area contributed by atoms with Gasteiger partial charge in [0.05, 0.1) is 6.54 Å². The smallest absolute Gasteiger partial charge is 0.291 e. The third-order valence-electron chi connectivity index (χ3n) is 6.29. The van der Waals surface area contributed by atoms with Crippen LogP contribution in [0, 0.1) is 11.8 Å². The minimum atomic E-state index is -0.129. The molecular weight excluding hydrogens is 318 g/mol. The molecule has 25 heavy (non-hydrogen) atoms. The van der Waals surface area contributed by atoms with E-state index in [1.54, 1.807) is 10.9 Å². The Labute approximate surface area is 144 Å². The highest BCUT2D eigenvalue weighted by Crippen LogP contribution is 2.57.